The highest BCUT2D eigenvalue weighted by atomic mass is 16.3. The molecule has 8 N–H and O–H groups in total. The van der Waals surface area contributed by atoms with Gasteiger partial charge in [-0.15, -0.1) is 0 Å². The molecule has 7 heteroatoms. The Morgan fingerprint density at radius 1 is 0.917 bits per heavy atom. The van der Waals surface area contributed by atoms with Gasteiger partial charge < -0.3 is 36.6 Å². The molecule has 0 aliphatic carbocycles. The van der Waals surface area contributed by atoms with Gasteiger partial charge in [0.05, 0.1) is 6.10 Å². The predicted molar refractivity (Wildman–Crippen MR) is 91.2 cm³/mol. The summed E-state index contributed by atoms with van der Waals surface area (Å²) in [6.07, 6.45) is 0.0462. The van der Waals surface area contributed by atoms with E-state index in [0.29, 0.717) is 25.1 Å². The highest BCUT2D eigenvalue weighted by Gasteiger charge is 2.08. The van der Waals surface area contributed by atoms with E-state index in [0.717, 1.165) is 5.56 Å². The van der Waals surface area contributed by atoms with E-state index in [1.165, 1.54) is 24.3 Å². The minimum atomic E-state index is -0.670. The minimum absolute atomic E-state index is 0.0871. The van der Waals surface area contributed by atoms with Crippen LogP contribution in [0.3, 0.4) is 0 Å². The van der Waals surface area contributed by atoms with Crippen molar-refractivity contribution in [3.05, 3.63) is 47.5 Å². The molecule has 0 aliphatic rings. The van der Waals surface area contributed by atoms with Crippen molar-refractivity contribution in [1.82, 2.24) is 5.32 Å². The fourth-order valence-corrected chi connectivity index (χ4v) is 1.95. The Balaban J connectivity index is 0.000000243. The molecule has 0 spiro atoms. The number of hydrogen-bond acceptors (Lipinski definition) is 7. The largest absolute Gasteiger partial charge is 0.504 e. The van der Waals surface area contributed by atoms with Crippen molar-refractivity contribution in [3.8, 4) is 23.0 Å². The van der Waals surface area contributed by atoms with Gasteiger partial charge >= 0.3 is 0 Å². The first-order valence-electron chi connectivity index (χ1n) is 7.44. The molecule has 0 aliphatic heterocycles. The molecule has 0 amide bonds. The van der Waals surface area contributed by atoms with Gasteiger partial charge in [0, 0.05) is 6.54 Å². The number of nitrogens with one attached hydrogen (secondary N) is 1. The van der Waals surface area contributed by atoms with Crippen LogP contribution in [-0.2, 0) is 6.42 Å². The Bertz CT molecular complexity index is 649. The zero-order valence-corrected chi connectivity index (χ0v) is 13.5. The summed E-state index contributed by atoms with van der Waals surface area (Å²) in [6.45, 7) is 0.953. The van der Waals surface area contributed by atoms with Crippen LogP contribution in [0.1, 0.15) is 17.2 Å². The van der Waals surface area contributed by atoms with E-state index in [2.05, 4.69) is 5.32 Å². The molecule has 2 aromatic carbocycles. The lowest BCUT2D eigenvalue weighted by Crippen LogP contribution is -2.16. The lowest BCUT2D eigenvalue weighted by Gasteiger charge is -2.10. The molecular weight excluding hydrogens is 312 g/mol. The first-order chi connectivity index (χ1) is 11.4. The van der Waals surface area contributed by atoms with Gasteiger partial charge in [0.2, 0.25) is 0 Å². The molecule has 0 fully saturated rings. The van der Waals surface area contributed by atoms with Crippen LogP contribution >= 0.6 is 0 Å². The molecule has 0 bridgehead atoms. The molecule has 7 nitrogen and oxygen atoms in total. The van der Waals surface area contributed by atoms with E-state index in [-0.39, 0.29) is 23.0 Å². The Hall–Kier alpha value is -2.48. The molecule has 0 radical (unpaired) electrons. The lowest BCUT2D eigenvalue weighted by molar-refractivity contribution is 0.177. The zero-order valence-electron chi connectivity index (χ0n) is 13.5. The number of aliphatic hydroxyl groups excluding tert-OH is 1. The summed E-state index contributed by atoms with van der Waals surface area (Å²) >= 11 is 0. The van der Waals surface area contributed by atoms with Crippen molar-refractivity contribution in [2.75, 3.05) is 20.1 Å². The topological polar surface area (TPSA) is 139 Å². The summed E-state index contributed by atoms with van der Waals surface area (Å²) in [4.78, 5) is 0. The van der Waals surface area contributed by atoms with E-state index in [1.807, 2.05) is 0 Å². The first kappa shape index (κ1) is 19.6. The SMILES string of the molecule is CNC[C@H](O)c1ccc(O)c(O)c1.NCCc1ccc(O)c(O)c1. The number of likely N-dealkylation sites (N-methyl/N-ethyl adjacent to an activating group) is 1. The number of hydrogen-bond donors (Lipinski definition) is 7. The molecule has 2 aromatic rings. The van der Waals surface area contributed by atoms with E-state index >= 15 is 0 Å². The second-order valence-corrected chi connectivity index (χ2v) is 5.18. The van der Waals surface area contributed by atoms with Crippen molar-refractivity contribution in [2.24, 2.45) is 5.73 Å². The minimum Gasteiger partial charge on any atom is -0.504 e. The highest BCUT2D eigenvalue weighted by Crippen LogP contribution is 2.27. The van der Waals surface area contributed by atoms with Crippen molar-refractivity contribution in [2.45, 2.75) is 12.5 Å². The fourth-order valence-electron chi connectivity index (χ4n) is 1.95. The van der Waals surface area contributed by atoms with Gasteiger partial charge in [-0.1, -0.05) is 12.1 Å². The zero-order chi connectivity index (χ0) is 18.1. The van der Waals surface area contributed by atoms with Gasteiger partial charge in [-0.2, -0.15) is 0 Å². The number of rotatable bonds is 5. The van der Waals surface area contributed by atoms with Gasteiger partial charge in [-0.25, -0.2) is 0 Å². The number of phenols is 4. The summed E-state index contributed by atoms with van der Waals surface area (Å²) < 4.78 is 0. The van der Waals surface area contributed by atoms with Gasteiger partial charge in [0.15, 0.2) is 23.0 Å². The van der Waals surface area contributed by atoms with Crippen LogP contribution in [0, 0.1) is 0 Å². The smallest absolute Gasteiger partial charge is 0.157 e. The van der Waals surface area contributed by atoms with Crippen LogP contribution in [0.15, 0.2) is 36.4 Å². The molecule has 24 heavy (non-hydrogen) atoms. The molecular formula is C17H24N2O5. The number of nitrogens with two attached hydrogens (primary N) is 1. The van der Waals surface area contributed by atoms with Crippen molar-refractivity contribution < 1.29 is 25.5 Å². The third-order valence-corrected chi connectivity index (χ3v) is 3.25. The molecule has 1 atom stereocenters. The standard InChI is InChI=1S/C9H13NO3.C8H11NO2/c1-10-5-9(13)6-2-3-7(11)8(12)4-6;9-4-3-6-1-2-7(10)8(11)5-6/h2-4,9-13H,5H2,1H3;1-2,5,10-11H,3-4,9H2/t9-;/m0./s1. The van der Waals surface area contributed by atoms with Crippen molar-refractivity contribution in [1.29, 1.82) is 0 Å². The van der Waals surface area contributed by atoms with E-state index in [9.17, 15) is 5.11 Å². The number of aromatic hydroxyl groups is 4. The number of benzene rings is 2. The van der Waals surface area contributed by atoms with Gasteiger partial charge in [-0.3, -0.25) is 0 Å². The van der Waals surface area contributed by atoms with Crippen LogP contribution in [-0.4, -0.2) is 45.7 Å². The normalized spacial score (nSPS) is 11.5. The van der Waals surface area contributed by atoms with Gasteiger partial charge in [-0.05, 0) is 55.4 Å². The Labute approximate surface area is 140 Å². The average molecular weight is 336 g/mol. The Morgan fingerprint density at radius 2 is 1.50 bits per heavy atom. The molecule has 0 heterocycles. The lowest BCUT2D eigenvalue weighted by atomic mass is 10.1. The van der Waals surface area contributed by atoms with Crippen molar-refractivity contribution in [3.63, 3.8) is 0 Å². The predicted octanol–water partition coefficient (Wildman–Crippen LogP) is 0.950. The molecule has 0 saturated carbocycles. The van der Waals surface area contributed by atoms with Crippen LogP contribution in [0.2, 0.25) is 0 Å². The van der Waals surface area contributed by atoms with Crippen LogP contribution in [0.4, 0.5) is 0 Å². The molecule has 132 valence electrons. The van der Waals surface area contributed by atoms with Crippen LogP contribution in [0.25, 0.3) is 0 Å². The summed E-state index contributed by atoms with van der Waals surface area (Å²) in [5.74, 6) is -0.574. The van der Waals surface area contributed by atoms with E-state index < -0.39 is 6.10 Å². The summed E-state index contributed by atoms with van der Waals surface area (Å²) in [5.41, 5.74) is 6.81. The van der Waals surface area contributed by atoms with E-state index in [4.69, 9.17) is 26.2 Å². The highest BCUT2D eigenvalue weighted by molar-refractivity contribution is 5.41. The third-order valence-electron chi connectivity index (χ3n) is 3.25. The molecule has 0 unspecified atom stereocenters. The second kappa shape index (κ2) is 9.61. The maximum atomic E-state index is 9.48. The van der Waals surface area contributed by atoms with Gasteiger partial charge in [0.1, 0.15) is 0 Å². The van der Waals surface area contributed by atoms with E-state index in [1.54, 1.807) is 19.2 Å². The fraction of sp³-hybridized carbons (Fsp3) is 0.294. The summed E-state index contributed by atoms with van der Waals surface area (Å²) in [5, 5.41) is 48.4. The first-order valence-corrected chi connectivity index (χ1v) is 7.44. The number of aliphatic hydroxyl groups is 1. The summed E-state index contributed by atoms with van der Waals surface area (Å²) in [6, 6.07) is 8.97. The van der Waals surface area contributed by atoms with Crippen LogP contribution < -0.4 is 11.1 Å². The summed E-state index contributed by atoms with van der Waals surface area (Å²) in [7, 11) is 1.73. The van der Waals surface area contributed by atoms with Gasteiger partial charge in [0.25, 0.3) is 0 Å². The molecule has 2 rings (SSSR count). The Morgan fingerprint density at radius 3 is 2.00 bits per heavy atom. The van der Waals surface area contributed by atoms with Crippen LogP contribution in [0.5, 0.6) is 23.0 Å². The van der Waals surface area contributed by atoms with Crippen molar-refractivity contribution >= 4 is 0 Å². The maximum absolute atomic E-state index is 9.48. The molecule has 0 saturated heterocycles. The Kier molecular flexibility index (Phi) is 7.84. The maximum Gasteiger partial charge on any atom is 0.157 e. The average Bonchev–Trinajstić information content (AvgIpc) is 2.55. The second-order valence-electron chi connectivity index (χ2n) is 5.18. The molecule has 0 aromatic heterocycles. The number of phenolic OH excluding ortho intramolecular Hbond substituents is 4. The quantitative estimate of drug-likeness (QED) is 0.403. The third kappa shape index (κ3) is 5.96. The monoisotopic (exact) mass is 336 g/mol.